The molecular formula is C22H31N5O. The van der Waals surface area contributed by atoms with Crippen LogP contribution in [0.4, 0.5) is 17.1 Å². The zero-order valence-corrected chi connectivity index (χ0v) is 16.9. The molecule has 1 fully saturated rings. The molecule has 0 spiro atoms. The number of nitrogens with two attached hydrogens (primary N) is 2. The molecule has 0 bridgehead atoms. The molecule has 6 heteroatoms. The van der Waals surface area contributed by atoms with Crippen molar-refractivity contribution in [3.8, 4) is 5.75 Å². The number of allylic oxidation sites excluding steroid dienone is 4. The van der Waals surface area contributed by atoms with Crippen molar-refractivity contribution in [3.05, 3.63) is 36.4 Å². The number of ether oxygens (including phenoxy) is 1. The summed E-state index contributed by atoms with van der Waals surface area (Å²) >= 11 is 0. The third-order valence-corrected chi connectivity index (χ3v) is 5.20. The molecule has 1 aromatic carbocycles. The van der Waals surface area contributed by atoms with Gasteiger partial charge in [0.25, 0.3) is 0 Å². The second-order valence-corrected chi connectivity index (χ2v) is 7.33. The summed E-state index contributed by atoms with van der Waals surface area (Å²) in [5, 5.41) is 0. The molecule has 6 nitrogen and oxygen atoms in total. The summed E-state index contributed by atoms with van der Waals surface area (Å²) in [7, 11) is 1.58. The summed E-state index contributed by atoms with van der Waals surface area (Å²) in [6, 6.07) is 3.76. The number of nitrogens with zero attached hydrogens (tertiary/aromatic N) is 3. The van der Waals surface area contributed by atoms with Crippen molar-refractivity contribution >= 4 is 28.5 Å². The van der Waals surface area contributed by atoms with Crippen LogP contribution in [0.1, 0.15) is 32.6 Å². The molecule has 1 saturated heterocycles. The Morgan fingerprint density at radius 3 is 2.32 bits per heavy atom. The first-order valence-corrected chi connectivity index (χ1v) is 10.1. The first-order chi connectivity index (χ1) is 13.6. The van der Waals surface area contributed by atoms with E-state index in [2.05, 4.69) is 16.8 Å². The van der Waals surface area contributed by atoms with E-state index in [1.54, 1.807) is 19.2 Å². The van der Waals surface area contributed by atoms with Crippen LogP contribution in [0.5, 0.6) is 5.75 Å². The van der Waals surface area contributed by atoms with Crippen molar-refractivity contribution in [1.29, 1.82) is 0 Å². The summed E-state index contributed by atoms with van der Waals surface area (Å²) in [6.07, 6.45) is 13.0. The lowest BCUT2D eigenvalue weighted by molar-refractivity contribution is 0.215. The number of nitrogen functional groups attached to an aromatic ring is 2. The van der Waals surface area contributed by atoms with E-state index < -0.39 is 0 Å². The maximum atomic E-state index is 6.04. The first kappa shape index (κ1) is 20.1. The SMILES string of the molecule is CCC(CN1CCCCC1)N=C1C=CC(=Nc2cc(OC)c(N)cc2N)C=C1. The Kier molecular flexibility index (Phi) is 6.87. The van der Waals surface area contributed by atoms with Crippen LogP contribution in [0.25, 0.3) is 0 Å². The maximum Gasteiger partial charge on any atom is 0.144 e. The van der Waals surface area contributed by atoms with Gasteiger partial charge in [0, 0.05) is 12.6 Å². The van der Waals surface area contributed by atoms with Gasteiger partial charge in [0.2, 0.25) is 0 Å². The summed E-state index contributed by atoms with van der Waals surface area (Å²) in [6.45, 7) is 5.66. The number of hydrogen-bond acceptors (Lipinski definition) is 6. The van der Waals surface area contributed by atoms with Crippen LogP contribution in [0.2, 0.25) is 0 Å². The molecule has 1 heterocycles. The molecule has 1 aliphatic heterocycles. The van der Waals surface area contributed by atoms with E-state index in [0.29, 0.717) is 28.9 Å². The van der Waals surface area contributed by atoms with Gasteiger partial charge in [0.15, 0.2) is 0 Å². The predicted octanol–water partition coefficient (Wildman–Crippen LogP) is 3.76. The Morgan fingerprint density at radius 2 is 1.68 bits per heavy atom. The van der Waals surface area contributed by atoms with E-state index in [0.717, 1.165) is 24.4 Å². The highest BCUT2D eigenvalue weighted by Gasteiger charge is 2.15. The smallest absolute Gasteiger partial charge is 0.144 e. The van der Waals surface area contributed by atoms with Crippen LogP contribution in [-0.4, -0.2) is 49.1 Å². The molecule has 28 heavy (non-hydrogen) atoms. The highest BCUT2D eigenvalue weighted by Crippen LogP contribution is 2.33. The second kappa shape index (κ2) is 9.55. The van der Waals surface area contributed by atoms with Crippen LogP contribution < -0.4 is 16.2 Å². The van der Waals surface area contributed by atoms with Gasteiger partial charge in [-0.15, -0.1) is 0 Å². The number of piperidine rings is 1. The summed E-state index contributed by atoms with van der Waals surface area (Å²) < 4.78 is 5.26. The topological polar surface area (TPSA) is 89.2 Å². The normalized spacial score (nSPS) is 18.2. The highest BCUT2D eigenvalue weighted by molar-refractivity contribution is 6.19. The average molecular weight is 382 g/mol. The number of likely N-dealkylation sites (tertiary alicyclic amines) is 1. The molecule has 150 valence electrons. The zero-order valence-electron chi connectivity index (χ0n) is 16.9. The van der Waals surface area contributed by atoms with Gasteiger partial charge in [-0.25, -0.2) is 4.99 Å². The molecule has 0 radical (unpaired) electrons. The van der Waals surface area contributed by atoms with Crippen LogP contribution in [0.15, 0.2) is 46.4 Å². The summed E-state index contributed by atoms with van der Waals surface area (Å²) in [5.41, 5.74) is 15.4. The largest absolute Gasteiger partial charge is 0.495 e. The Bertz CT molecular complexity index is 785. The van der Waals surface area contributed by atoms with Gasteiger partial charge in [0.1, 0.15) is 5.75 Å². The molecule has 1 unspecified atom stereocenters. The standard InChI is InChI=1S/C22H31N5O/c1-3-16(15-27-11-5-4-6-12-27)25-17-7-9-18(10-8-17)26-21-14-22(28-2)20(24)13-19(21)23/h7-10,13-14,16H,3-6,11-12,15,23-24H2,1-2H3. The van der Waals surface area contributed by atoms with E-state index in [9.17, 15) is 0 Å². The van der Waals surface area contributed by atoms with Gasteiger partial charge in [-0.2, -0.15) is 0 Å². The molecule has 0 amide bonds. The Hall–Kier alpha value is -2.60. The predicted molar refractivity (Wildman–Crippen MR) is 119 cm³/mol. The monoisotopic (exact) mass is 381 g/mol. The van der Waals surface area contributed by atoms with E-state index >= 15 is 0 Å². The molecule has 1 aromatic rings. The maximum absolute atomic E-state index is 6.04. The van der Waals surface area contributed by atoms with Crippen LogP contribution in [0.3, 0.4) is 0 Å². The molecule has 1 atom stereocenters. The Balaban J connectivity index is 1.68. The minimum absolute atomic E-state index is 0.331. The number of rotatable bonds is 6. The molecular weight excluding hydrogens is 350 g/mol. The fourth-order valence-corrected chi connectivity index (χ4v) is 3.54. The lowest BCUT2D eigenvalue weighted by Gasteiger charge is -2.28. The number of anilines is 2. The van der Waals surface area contributed by atoms with Crippen LogP contribution in [-0.2, 0) is 0 Å². The molecule has 4 N–H and O–H groups in total. The van der Waals surface area contributed by atoms with Gasteiger partial charge >= 0.3 is 0 Å². The summed E-state index contributed by atoms with van der Waals surface area (Å²) in [5.74, 6) is 0.572. The third kappa shape index (κ3) is 5.23. The Labute approximate surface area is 167 Å². The fourth-order valence-electron chi connectivity index (χ4n) is 3.54. The summed E-state index contributed by atoms with van der Waals surface area (Å²) in [4.78, 5) is 12.1. The molecule has 0 aromatic heterocycles. The lowest BCUT2D eigenvalue weighted by atomic mass is 10.1. The third-order valence-electron chi connectivity index (χ3n) is 5.20. The van der Waals surface area contributed by atoms with Gasteiger partial charge in [-0.1, -0.05) is 13.3 Å². The minimum Gasteiger partial charge on any atom is -0.495 e. The number of hydrogen-bond donors (Lipinski definition) is 2. The lowest BCUT2D eigenvalue weighted by Crippen LogP contribution is -2.35. The quantitative estimate of drug-likeness (QED) is 0.580. The van der Waals surface area contributed by atoms with Crippen LogP contribution in [0, 0.1) is 0 Å². The van der Waals surface area contributed by atoms with Crippen LogP contribution >= 0.6 is 0 Å². The number of methoxy groups -OCH3 is 1. The fraction of sp³-hybridized carbons (Fsp3) is 0.455. The minimum atomic E-state index is 0.331. The van der Waals surface area contributed by atoms with E-state index in [1.165, 1.54) is 32.4 Å². The first-order valence-electron chi connectivity index (χ1n) is 10.1. The van der Waals surface area contributed by atoms with Gasteiger partial charge < -0.3 is 21.1 Å². The van der Waals surface area contributed by atoms with Crippen molar-refractivity contribution in [3.63, 3.8) is 0 Å². The second-order valence-electron chi connectivity index (χ2n) is 7.33. The molecule has 0 saturated carbocycles. The van der Waals surface area contributed by atoms with Gasteiger partial charge in [-0.05, 0) is 62.7 Å². The van der Waals surface area contributed by atoms with Gasteiger partial charge in [0.05, 0.1) is 41.6 Å². The van der Waals surface area contributed by atoms with E-state index in [-0.39, 0.29) is 0 Å². The molecule has 3 rings (SSSR count). The van der Waals surface area contributed by atoms with Crippen molar-refractivity contribution in [2.24, 2.45) is 9.98 Å². The van der Waals surface area contributed by atoms with Crippen molar-refractivity contribution < 1.29 is 4.74 Å². The highest BCUT2D eigenvalue weighted by atomic mass is 16.5. The van der Waals surface area contributed by atoms with E-state index in [4.69, 9.17) is 21.2 Å². The average Bonchev–Trinajstić information content (AvgIpc) is 2.71. The van der Waals surface area contributed by atoms with Gasteiger partial charge in [-0.3, -0.25) is 4.99 Å². The Morgan fingerprint density at radius 1 is 1.00 bits per heavy atom. The molecule has 2 aliphatic rings. The van der Waals surface area contributed by atoms with Crippen molar-refractivity contribution in [2.75, 3.05) is 38.2 Å². The number of aliphatic imine (C=N–C) groups is 2. The van der Waals surface area contributed by atoms with Crippen molar-refractivity contribution in [1.82, 2.24) is 4.90 Å². The molecule has 1 aliphatic carbocycles. The number of benzene rings is 1. The van der Waals surface area contributed by atoms with Crippen molar-refractivity contribution in [2.45, 2.75) is 38.6 Å². The zero-order chi connectivity index (χ0) is 19.9. The van der Waals surface area contributed by atoms with E-state index in [1.807, 2.05) is 24.3 Å².